The van der Waals surface area contributed by atoms with Crippen molar-refractivity contribution in [2.45, 2.75) is 6.92 Å². The summed E-state index contributed by atoms with van der Waals surface area (Å²) in [6.07, 6.45) is 0. The molecule has 1 rings (SSSR count). The summed E-state index contributed by atoms with van der Waals surface area (Å²) in [5.74, 6) is 0.0685. The van der Waals surface area contributed by atoms with Crippen molar-refractivity contribution in [3.63, 3.8) is 0 Å². The molecule has 0 radical (unpaired) electrons. The van der Waals surface area contributed by atoms with Crippen LogP contribution in [0.1, 0.15) is 17.3 Å². The van der Waals surface area contributed by atoms with Crippen LogP contribution in [0.5, 0.6) is 0 Å². The number of rotatable bonds is 1. The maximum absolute atomic E-state index is 11.1. The topological polar surface area (TPSA) is 17.1 Å². The lowest BCUT2D eigenvalue weighted by molar-refractivity contribution is 0.101. The average Bonchev–Trinajstić information content (AvgIpc) is 2.00. The minimum Gasteiger partial charge on any atom is -0.294 e. The summed E-state index contributed by atoms with van der Waals surface area (Å²) in [5.41, 5.74) is 0.710. The van der Waals surface area contributed by atoms with Crippen molar-refractivity contribution in [1.29, 1.82) is 0 Å². The minimum atomic E-state index is 0.0685. The number of ketones is 1. The van der Waals surface area contributed by atoms with Crippen molar-refractivity contribution in [2.75, 3.05) is 0 Å². The molecule has 0 bridgehead atoms. The first-order valence-corrected chi connectivity index (χ1v) is 5.85. The highest BCUT2D eigenvalue weighted by Crippen LogP contribution is 2.31. The van der Waals surface area contributed by atoms with Crippen LogP contribution in [0.2, 0.25) is 0 Å². The molecule has 0 aromatic heterocycles. The maximum Gasteiger partial charge on any atom is 0.160 e. The molecule has 64 valence electrons. The molecule has 12 heavy (non-hydrogen) atoms. The van der Waals surface area contributed by atoms with Crippen LogP contribution in [0.4, 0.5) is 0 Å². The molecule has 0 fully saturated rings. The fourth-order valence-corrected chi connectivity index (χ4v) is 2.59. The molecule has 0 heterocycles. The summed E-state index contributed by atoms with van der Waals surface area (Å²) >= 11 is 8.95. The van der Waals surface area contributed by atoms with Crippen LogP contribution in [0, 0.1) is 3.57 Å². The van der Waals surface area contributed by atoms with Gasteiger partial charge in [-0.3, -0.25) is 4.79 Å². The van der Waals surface area contributed by atoms with Crippen LogP contribution in [-0.4, -0.2) is 5.78 Å². The molecule has 4 heteroatoms. The summed E-state index contributed by atoms with van der Waals surface area (Å²) in [6, 6.07) is 3.73. The Kier molecular flexibility index (Phi) is 3.73. The molecule has 0 aliphatic carbocycles. The van der Waals surface area contributed by atoms with Crippen LogP contribution in [-0.2, 0) is 0 Å². The number of carbonyl (C=O) groups is 1. The number of hydrogen-bond donors (Lipinski definition) is 0. The van der Waals surface area contributed by atoms with E-state index in [2.05, 4.69) is 54.5 Å². The van der Waals surface area contributed by atoms with Gasteiger partial charge in [0.2, 0.25) is 0 Å². The Balaban J connectivity index is 3.36. The van der Waals surface area contributed by atoms with E-state index in [1.807, 2.05) is 12.1 Å². The summed E-state index contributed by atoms with van der Waals surface area (Å²) < 4.78 is 2.86. The number of Topliss-reactive ketones (excluding diaryl/α,β-unsaturated/α-hetero) is 1. The third-order valence-electron chi connectivity index (χ3n) is 1.41. The third-order valence-corrected chi connectivity index (χ3v) is 5.23. The highest BCUT2D eigenvalue weighted by atomic mass is 127. The Morgan fingerprint density at radius 3 is 2.42 bits per heavy atom. The van der Waals surface area contributed by atoms with Crippen LogP contribution in [0.15, 0.2) is 21.1 Å². The zero-order chi connectivity index (χ0) is 9.30. The van der Waals surface area contributed by atoms with Crippen molar-refractivity contribution >= 4 is 60.2 Å². The Labute approximate surface area is 101 Å². The fourth-order valence-electron chi connectivity index (χ4n) is 0.798. The predicted molar refractivity (Wildman–Crippen MR) is 64.6 cm³/mol. The molecular weight excluding hydrogens is 399 g/mol. The molecule has 0 aliphatic heterocycles. The van der Waals surface area contributed by atoms with Gasteiger partial charge in [0.05, 0.1) is 0 Å². The highest BCUT2D eigenvalue weighted by Gasteiger charge is 2.09. The van der Waals surface area contributed by atoms with E-state index in [1.54, 1.807) is 6.92 Å². The standard InChI is InChI=1S/C8H5Br2IO/c1-4(12)5-2-3-6(11)8(10)7(5)9/h2-3H,1H3. The van der Waals surface area contributed by atoms with E-state index >= 15 is 0 Å². The zero-order valence-corrected chi connectivity index (χ0v) is 11.5. The second kappa shape index (κ2) is 4.19. The quantitative estimate of drug-likeness (QED) is 0.393. The number of halogens is 3. The van der Waals surface area contributed by atoms with Gasteiger partial charge in [0.25, 0.3) is 0 Å². The molecule has 0 saturated heterocycles. The molecule has 1 aromatic carbocycles. The Bertz CT molecular complexity index is 336. The van der Waals surface area contributed by atoms with Crippen molar-refractivity contribution in [3.8, 4) is 0 Å². The van der Waals surface area contributed by atoms with Crippen molar-refractivity contribution < 1.29 is 4.79 Å². The normalized spacial score (nSPS) is 10.0. The highest BCUT2D eigenvalue weighted by molar-refractivity contribution is 14.1. The van der Waals surface area contributed by atoms with Crippen LogP contribution >= 0.6 is 54.5 Å². The lowest BCUT2D eigenvalue weighted by Crippen LogP contribution is -1.94. The van der Waals surface area contributed by atoms with E-state index in [0.29, 0.717) is 5.56 Å². The first-order valence-electron chi connectivity index (χ1n) is 3.18. The van der Waals surface area contributed by atoms with E-state index in [1.165, 1.54) is 0 Å². The molecular formula is C8H5Br2IO. The molecule has 0 unspecified atom stereocenters. The maximum atomic E-state index is 11.1. The number of carbonyl (C=O) groups excluding carboxylic acids is 1. The van der Waals surface area contributed by atoms with E-state index in [4.69, 9.17) is 0 Å². The lowest BCUT2D eigenvalue weighted by Gasteiger charge is -2.03. The average molecular weight is 404 g/mol. The molecule has 0 spiro atoms. The van der Waals surface area contributed by atoms with Gasteiger partial charge in [0.1, 0.15) is 0 Å². The zero-order valence-electron chi connectivity index (χ0n) is 6.20. The first kappa shape index (κ1) is 10.7. The first-order chi connectivity index (χ1) is 5.54. The van der Waals surface area contributed by atoms with Gasteiger partial charge in [-0.1, -0.05) is 0 Å². The largest absolute Gasteiger partial charge is 0.294 e. The molecule has 1 aromatic rings. The van der Waals surface area contributed by atoms with Gasteiger partial charge in [0.15, 0.2) is 5.78 Å². The van der Waals surface area contributed by atoms with E-state index in [9.17, 15) is 4.79 Å². The van der Waals surface area contributed by atoms with E-state index in [-0.39, 0.29) is 5.78 Å². The summed E-state index contributed by atoms with van der Waals surface area (Å²) in [5, 5.41) is 0. The van der Waals surface area contributed by atoms with E-state index < -0.39 is 0 Å². The van der Waals surface area contributed by atoms with Crippen molar-refractivity contribution in [2.24, 2.45) is 0 Å². The molecule has 1 nitrogen and oxygen atoms in total. The lowest BCUT2D eigenvalue weighted by atomic mass is 10.2. The van der Waals surface area contributed by atoms with E-state index in [0.717, 1.165) is 12.5 Å². The smallest absolute Gasteiger partial charge is 0.160 e. The Morgan fingerprint density at radius 1 is 1.33 bits per heavy atom. The Morgan fingerprint density at radius 2 is 1.92 bits per heavy atom. The van der Waals surface area contributed by atoms with Gasteiger partial charge >= 0.3 is 0 Å². The molecule has 0 aliphatic rings. The monoisotopic (exact) mass is 402 g/mol. The summed E-state index contributed by atoms with van der Waals surface area (Å²) in [4.78, 5) is 11.1. The minimum absolute atomic E-state index is 0.0685. The number of hydrogen-bond acceptors (Lipinski definition) is 1. The van der Waals surface area contributed by atoms with Crippen LogP contribution in [0.3, 0.4) is 0 Å². The van der Waals surface area contributed by atoms with Crippen LogP contribution < -0.4 is 0 Å². The fraction of sp³-hybridized carbons (Fsp3) is 0.125. The predicted octanol–water partition coefficient (Wildman–Crippen LogP) is 4.02. The van der Waals surface area contributed by atoms with Gasteiger partial charge < -0.3 is 0 Å². The van der Waals surface area contributed by atoms with Crippen molar-refractivity contribution in [1.82, 2.24) is 0 Å². The van der Waals surface area contributed by atoms with Gasteiger partial charge in [-0.15, -0.1) is 0 Å². The summed E-state index contributed by atoms with van der Waals surface area (Å²) in [7, 11) is 0. The van der Waals surface area contributed by atoms with Gasteiger partial charge in [0, 0.05) is 18.1 Å². The molecule has 0 saturated carbocycles. The SMILES string of the molecule is CC(=O)c1ccc(I)c(Br)c1Br. The van der Waals surface area contributed by atoms with Gasteiger partial charge in [-0.25, -0.2) is 0 Å². The van der Waals surface area contributed by atoms with Gasteiger partial charge in [-0.2, -0.15) is 0 Å². The van der Waals surface area contributed by atoms with Crippen molar-refractivity contribution in [3.05, 3.63) is 30.2 Å². The molecule has 0 N–H and O–H groups in total. The second-order valence-corrected chi connectivity index (χ2v) is 5.03. The number of benzene rings is 1. The summed E-state index contributed by atoms with van der Waals surface area (Å²) in [6.45, 7) is 1.55. The second-order valence-electron chi connectivity index (χ2n) is 2.28. The van der Waals surface area contributed by atoms with Gasteiger partial charge in [-0.05, 0) is 73.5 Å². The molecule has 0 amide bonds. The Hall–Kier alpha value is 0.580. The van der Waals surface area contributed by atoms with Crippen LogP contribution in [0.25, 0.3) is 0 Å². The third kappa shape index (κ3) is 2.09. The molecule has 0 atom stereocenters.